The van der Waals surface area contributed by atoms with Crippen LogP contribution in [0.2, 0.25) is 18.1 Å². The van der Waals surface area contributed by atoms with Gasteiger partial charge >= 0.3 is 0 Å². The van der Waals surface area contributed by atoms with Gasteiger partial charge in [-0.05, 0) is 44.0 Å². The van der Waals surface area contributed by atoms with Crippen molar-refractivity contribution in [3.05, 3.63) is 10.6 Å². The maximum atomic E-state index is 10.6. The number of ether oxygens (including phenoxy) is 3. The highest BCUT2D eigenvalue weighted by Crippen LogP contribution is 2.45. The monoisotopic (exact) mass is 454 g/mol. The van der Waals surface area contributed by atoms with E-state index in [1.165, 1.54) is 0 Å². The van der Waals surface area contributed by atoms with E-state index in [0.29, 0.717) is 23.6 Å². The molecule has 0 aliphatic carbocycles. The van der Waals surface area contributed by atoms with Crippen LogP contribution < -0.4 is 0 Å². The molecule has 0 fully saturated rings. The van der Waals surface area contributed by atoms with Gasteiger partial charge in [-0.3, -0.25) is 0 Å². The average molecular weight is 456 g/mol. The third kappa shape index (κ3) is 8.50. The Hall–Kier alpha value is 0.237. The number of halogens is 1. The van der Waals surface area contributed by atoms with Crippen molar-refractivity contribution >= 4 is 24.2 Å². The lowest BCUT2D eigenvalue weighted by Gasteiger charge is -2.44. The molecule has 0 saturated carbocycles. The highest BCUT2D eigenvalue weighted by molar-refractivity contribution is 9.11. The van der Waals surface area contributed by atoms with Crippen LogP contribution >= 0.6 is 15.9 Å². The number of hydrogen-bond donors (Lipinski definition) is 1. The van der Waals surface area contributed by atoms with Gasteiger partial charge in [-0.15, -0.1) is 0 Å². The van der Waals surface area contributed by atoms with Crippen LogP contribution in [-0.2, 0) is 18.6 Å². The van der Waals surface area contributed by atoms with Crippen LogP contribution in [0.15, 0.2) is 10.6 Å². The van der Waals surface area contributed by atoms with Gasteiger partial charge in [0.25, 0.3) is 0 Å². The van der Waals surface area contributed by atoms with Crippen molar-refractivity contribution in [1.29, 1.82) is 0 Å². The predicted molar refractivity (Wildman–Crippen MR) is 113 cm³/mol. The van der Waals surface area contributed by atoms with Gasteiger partial charge in [0, 0.05) is 11.6 Å². The summed E-state index contributed by atoms with van der Waals surface area (Å²) < 4.78 is 22.8. The van der Waals surface area contributed by atoms with Crippen molar-refractivity contribution < 1.29 is 23.7 Å². The SMILES string of the molecule is COCCOCO[C@@H](C)/C=C(/Br)[C@@H](O)[C@H](C)O[Si](C)(C)C(C)(C)C(C)C. The lowest BCUT2D eigenvalue weighted by Crippen LogP contribution is -2.49. The van der Waals surface area contributed by atoms with E-state index in [-0.39, 0.29) is 24.0 Å². The Balaban J connectivity index is 4.67. The average Bonchev–Trinajstić information content (AvgIpc) is 2.52. The predicted octanol–water partition coefficient (Wildman–Crippen LogP) is 4.70. The molecule has 0 aromatic rings. The van der Waals surface area contributed by atoms with Crippen LogP contribution in [0.25, 0.3) is 0 Å². The molecule has 0 rings (SSSR count). The Morgan fingerprint density at radius 1 is 1.15 bits per heavy atom. The quantitative estimate of drug-likeness (QED) is 0.248. The van der Waals surface area contributed by atoms with Gasteiger partial charge in [-0.1, -0.05) is 43.6 Å². The van der Waals surface area contributed by atoms with Crippen LogP contribution in [-0.4, -0.2) is 58.9 Å². The molecule has 7 heteroatoms. The van der Waals surface area contributed by atoms with Crippen LogP contribution in [0.3, 0.4) is 0 Å². The minimum absolute atomic E-state index is 0.104. The molecular formula is C19H39BrO5Si. The fraction of sp³-hybridized carbons (Fsp3) is 0.895. The van der Waals surface area contributed by atoms with Crippen LogP contribution in [0, 0.1) is 5.92 Å². The third-order valence-electron chi connectivity index (χ3n) is 5.44. The summed E-state index contributed by atoms with van der Waals surface area (Å²) in [7, 11) is -0.382. The molecule has 0 aliphatic heterocycles. The maximum Gasteiger partial charge on any atom is 0.193 e. The molecule has 0 bridgehead atoms. The molecule has 0 aromatic carbocycles. The maximum absolute atomic E-state index is 10.6. The minimum Gasteiger partial charge on any atom is -0.411 e. The first-order valence-corrected chi connectivity index (χ1v) is 13.0. The molecule has 5 nitrogen and oxygen atoms in total. The molecule has 0 aromatic heterocycles. The van der Waals surface area contributed by atoms with Crippen molar-refractivity contribution in [3.8, 4) is 0 Å². The molecule has 0 saturated heterocycles. The second kappa shape index (κ2) is 11.9. The summed E-state index contributed by atoms with van der Waals surface area (Å²) in [6.45, 7) is 18.4. The number of aliphatic hydroxyl groups is 1. The Bertz CT molecular complexity index is 426. The van der Waals surface area contributed by atoms with E-state index in [1.54, 1.807) is 7.11 Å². The van der Waals surface area contributed by atoms with Crippen molar-refractivity contribution in [2.24, 2.45) is 5.92 Å². The summed E-state index contributed by atoms with van der Waals surface area (Å²) in [5.74, 6) is 0.513. The van der Waals surface area contributed by atoms with E-state index in [0.717, 1.165) is 0 Å². The zero-order valence-corrected chi connectivity index (χ0v) is 20.6. The van der Waals surface area contributed by atoms with Gasteiger partial charge < -0.3 is 23.7 Å². The van der Waals surface area contributed by atoms with E-state index in [4.69, 9.17) is 18.6 Å². The highest BCUT2D eigenvalue weighted by atomic mass is 79.9. The van der Waals surface area contributed by atoms with Gasteiger partial charge in [0.2, 0.25) is 0 Å². The Kier molecular flexibility index (Phi) is 12.0. The van der Waals surface area contributed by atoms with Gasteiger partial charge in [-0.25, -0.2) is 0 Å². The summed E-state index contributed by atoms with van der Waals surface area (Å²) in [4.78, 5) is 0. The Morgan fingerprint density at radius 2 is 1.73 bits per heavy atom. The Morgan fingerprint density at radius 3 is 2.23 bits per heavy atom. The Labute approximate surface area is 169 Å². The highest BCUT2D eigenvalue weighted by Gasteiger charge is 2.45. The fourth-order valence-corrected chi connectivity index (χ4v) is 5.83. The topological polar surface area (TPSA) is 57.2 Å². The number of rotatable bonds is 13. The first-order valence-electron chi connectivity index (χ1n) is 9.28. The number of methoxy groups -OCH3 is 1. The lowest BCUT2D eigenvalue weighted by molar-refractivity contribution is -0.0806. The first kappa shape index (κ1) is 26.2. The molecule has 26 heavy (non-hydrogen) atoms. The number of hydrogen-bond acceptors (Lipinski definition) is 5. The molecule has 0 amide bonds. The third-order valence-corrected chi connectivity index (χ3v) is 10.8. The van der Waals surface area contributed by atoms with E-state index in [2.05, 4.69) is 56.7 Å². The van der Waals surface area contributed by atoms with E-state index >= 15 is 0 Å². The molecule has 0 heterocycles. The second-order valence-electron chi connectivity index (χ2n) is 8.10. The van der Waals surface area contributed by atoms with Crippen LogP contribution in [0.4, 0.5) is 0 Å². The summed E-state index contributed by atoms with van der Waals surface area (Å²) in [5.41, 5.74) is 0. The molecule has 0 unspecified atom stereocenters. The van der Waals surface area contributed by atoms with Crippen molar-refractivity contribution in [1.82, 2.24) is 0 Å². The second-order valence-corrected chi connectivity index (χ2v) is 13.6. The largest absolute Gasteiger partial charge is 0.411 e. The molecule has 3 atom stereocenters. The first-order chi connectivity index (χ1) is 11.9. The molecule has 1 N–H and O–H groups in total. The molecule has 0 aliphatic rings. The fourth-order valence-electron chi connectivity index (χ4n) is 2.33. The standard InChI is InChI=1S/C19H39BrO5Si/c1-14(2)19(5,6)26(8,9)25-16(4)18(21)17(20)12-15(3)24-13-23-11-10-22-7/h12,14-16,18,21H,10-11,13H2,1-9H3/b17-12+/t15-,16-,18-/m0/s1. The summed E-state index contributed by atoms with van der Waals surface area (Å²) >= 11 is 3.47. The zero-order valence-electron chi connectivity index (χ0n) is 18.0. The normalized spacial score (nSPS) is 17.5. The minimum atomic E-state index is -2.01. The van der Waals surface area contributed by atoms with E-state index in [9.17, 15) is 5.11 Å². The van der Waals surface area contributed by atoms with Crippen molar-refractivity contribution in [2.75, 3.05) is 27.1 Å². The lowest BCUT2D eigenvalue weighted by atomic mass is 9.99. The van der Waals surface area contributed by atoms with Crippen molar-refractivity contribution in [3.63, 3.8) is 0 Å². The summed E-state index contributed by atoms with van der Waals surface area (Å²) in [5, 5.41) is 10.7. The van der Waals surface area contributed by atoms with E-state index < -0.39 is 14.4 Å². The zero-order chi connectivity index (χ0) is 20.5. The van der Waals surface area contributed by atoms with Gasteiger partial charge in [0.1, 0.15) is 12.9 Å². The molecule has 156 valence electrons. The van der Waals surface area contributed by atoms with Gasteiger partial charge in [-0.2, -0.15) is 0 Å². The van der Waals surface area contributed by atoms with Crippen molar-refractivity contribution in [2.45, 2.75) is 78.0 Å². The molecule has 0 radical (unpaired) electrons. The van der Waals surface area contributed by atoms with Gasteiger partial charge in [0.15, 0.2) is 8.32 Å². The van der Waals surface area contributed by atoms with Crippen LogP contribution in [0.5, 0.6) is 0 Å². The molecule has 0 spiro atoms. The summed E-state index contributed by atoms with van der Waals surface area (Å²) in [6.07, 6.45) is 0.619. The van der Waals surface area contributed by atoms with Crippen LogP contribution in [0.1, 0.15) is 41.5 Å². The molecular weight excluding hydrogens is 416 g/mol. The smallest absolute Gasteiger partial charge is 0.193 e. The number of aliphatic hydroxyl groups excluding tert-OH is 1. The summed E-state index contributed by atoms with van der Waals surface area (Å²) in [6, 6.07) is 0. The van der Waals surface area contributed by atoms with E-state index in [1.807, 2.05) is 19.9 Å². The van der Waals surface area contributed by atoms with Gasteiger partial charge in [0.05, 0.1) is 25.4 Å².